The van der Waals surface area contributed by atoms with Gasteiger partial charge in [-0.15, -0.1) is 0 Å². The quantitative estimate of drug-likeness (QED) is 0.674. The first-order chi connectivity index (χ1) is 9.77. The third-order valence-corrected chi connectivity index (χ3v) is 3.95. The van der Waals surface area contributed by atoms with E-state index in [1.807, 2.05) is 12.1 Å². The molecule has 0 bridgehead atoms. The number of pyridine rings is 1. The number of hydrogen-bond donors (Lipinski definition) is 1. The van der Waals surface area contributed by atoms with Crippen LogP contribution in [-0.4, -0.2) is 16.5 Å². The molecular formula is C16H21N3O2. The predicted octanol–water partition coefficient (Wildman–Crippen LogP) is 4.24. The maximum Gasteiger partial charge on any atom is 0.270 e. The molecule has 0 saturated carbocycles. The van der Waals surface area contributed by atoms with Crippen LogP contribution in [0, 0.1) is 21.4 Å². The van der Waals surface area contributed by atoms with Crippen LogP contribution in [0.3, 0.4) is 0 Å². The van der Waals surface area contributed by atoms with E-state index in [2.05, 4.69) is 38.0 Å². The van der Waals surface area contributed by atoms with Crippen molar-refractivity contribution in [3.63, 3.8) is 0 Å². The number of aromatic nitrogens is 1. The molecule has 5 heteroatoms. The van der Waals surface area contributed by atoms with Crippen LogP contribution in [0.15, 0.2) is 30.3 Å². The fourth-order valence-corrected chi connectivity index (χ4v) is 1.89. The summed E-state index contributed by atoms with van der Waals surface area (Å²) in [6, 6.07) is 8.44. The Hall–Kier alpha value is -2.17. The molecule has 1 heterocycles. The Bertz CT molecular complexity index is 662. The van der Waals surface area contributed by atoms with E-state index in [1.54, 1.807) is 12.1 Å². The zero-order chi connectivity index (χ0) is 15.6. The van der Waals surface area contributed by atoms with Gasteiger partial charge in [-0.05, 0) is 29.5 Å². The highest BCUT2D eigenvalue weighted by Crippen LogP contribution is 2.26. The van der Waals surface area contributed by atoms with Crippen molar-refractivity contribution >= 4 is 22.4 Å². The Morgan fingerprint density at radius 1 is 1.29 bits per heavy atom. The molecule has 5 nitrogen and oxygen atoms in total. The highest BCUT2D eigenvalue weighted by Gasteiger charge is 2.19. The van der Waals surface area contributed by atoms with Crippen molar-refractivity contribution in [2.45, 2.75) is 27.7 Å². The van der Waals surface area contributed by atoms with Crippen LogP contribution in [0.2, 0.25) is 0 Å². The van der Waals surface area contributed by atoms with Gasteiger partial charge in [0.15, 0.2) is 0 Å². The summed E-state index contributed by atoms with van der Waals surface area (Å²) in [5, 5.41) is 14.9. The van der Waals surface area contributed by atoms with Crippen LogP contribution in [0.1, 0.15) is 27.7 Å². The third kappa shape index (κ3) is 3.68. The highest BCUT2D eigenvalue weighted by molar-refractivity contribution is 5.82. The molecule has 0 fully saturated rings. The average Bonchev–Trinajstić information content (AvgIpc) is 2.42. The number of rotatable bonds is 4. The summed E-state index contributed by atoms with van der Waals surface area (Å²) in [5.41, 5.74) is 1.09. The first-order valence-electron chi connectivity index (χ1n) is 7.06. The van der Waals surface area contributed by atoms with Gasteiger partial charge < -0.3 is 5.32 Å². The smallest absolute Gasteiger partial charge is 0.270 e. The van der Waals surface area contributed by atoms with Crippen LogP contribution in [-0.2, 0) is 0 Å². The zero-order valence-corrected chi connectivity index (χ0v) is 12.9. The summed E-state index contributed by atoms with van der Waals surface area (Å²) in [6.45, 7) is 9.69. The van der Waals surface area contributed by atoms with Crippen molar-refractivity contribution in [2.24, 2.45) is 11.3 Å². The van der Waals surface area contributed by atoms with Crippen LogP contribution < -0.4 is 5.32 Å². The summed E-state index contributed by atoms with van der Waals surface area (Å²) < 4.78 is 0. The van der Waals surface area contributed by atoms with Crippen molar-refractivity contribution in [2.75, 3.05) is 11.9 Å². The Morgan fingerprint density at radius 3 is 2.62 bits per heavy atom. The summed E-state index contributed by atoms with van der Waals surface area (Å²) >= 11 is 0. The van der Waals surface area contributed by atoms with Gasteiger partial charge in [0.2, 0.25) is 0 Å². The summed E-state index contributed by atoms with van der Waals surface area (Å²) in [7, 11) is 0. The van der Waals surface area contributed by atoms with E-state index in [0.717, 1.165) is 23.3 Å². The maximum absolute atomic E-state index is 10.8. The molecule has 1 N–H and O–H groups in total. The Labute approximate surface area is 124 Å². The van der Waals surface area contributed by atoms with Crippen LogP contribution in [0.4, 0.5) is 11.5 Å². The number of hydrogen-bond acceptors (Lipinski definition) is 4. The van der Waals surface area contributed by atoms with E-state index in [9.17, 15) is 10.1 Å². The summed E-state index contributed by atoms with van der Waals surface area (Å²) in [6.07, 6.45) is 0. The summed E-state index contributed by atoms with van der Waals surface area (Å²) in [5.74, 6) is 1.30. The molecule has 0 spiro atoms. The molecule has 1 unspecified atom stereocenters. The summed E-state index contributed by atoms with van der Waals surface area (Å²) in [4.78, 5) is 14.9. The largest absolute Gasteiger partial charge is 0.370 e. The van der Waals surface area contributed by atoms with E-state index in [-0.39, 0.29) is 11.1 Å². The fraction of sp³-hybridized carbons (Fsp3) is 0.438. The van der Waals surface area contributed by atoms with Crippen LogP contribution in [0.5, 0.6) is 0 Å². The monoisotopic (exact) mass is 287 g/mol. The lowest BCUT2D eigenvalue weighted by Crippen LogP contribution is -2.25. The second kappa shape index (κ2) is 5.68. The maximum atomic E-state index is 10.8. The van der Waals surface area contributed by atoms with E-state index in [4.69, 9.17) is 0 Å². The van der Waals surface area contributed by atoms with E-state index < -0.39 is 4.92 Å². The third-order valence-electron chi connectivity index (χ3n) is 3.95. The molecule has 0 saturated heterocycles. The number of anilines is 1. The predicted molar refractivity (Wildman–Crippen MR) is 85.5 cm³/mol. The minimum absolute atomic E-state index is 0.0892. The Kier molecular flexibility index (Phi) is 4.11. The second-order valence-electron chi connectivity index (χ2n) is 6.48. The SMILES string of the molecule is CC(CNc1ccc2cc([N+](=O)[O-])ccc2n1)C(C)(C)C. The van der Waals surface area contributed by atoms with E-state index in [1.165, 1.54) is 6.07 Å². The molecule has 0 aliphatic heterocycles. The lowest BCUT2D eigenvalue weighted by molar-refractivity contribution is -0.384. The van der Waals surface area contributed by atoms with Crippen molar-refractivity contribution < 1.29 is 4.92 Å². The molecule has 21 heavy (non-hydrogen) atoms. The van der Waals surface area contributed by atoms with Gasteiger partial charge in [-0.1, -0.05) is 27.7 Å². The molecule has 1 aromatic heterocycles. The van der Waals surface area contributed by atoms with Gasteiger partial charge in [-0.25, -0.2) is 4.98 Å². The molecule has 2 aromatic rings. The van der Waals surface area contributed by atoms with Gasteiger partial charge in [0, 0.05) is 24.1 Å². The van der Waals surface area contributed by atoms with Gasteiger partial charge in [0.1, 0.15) is 5.82 Å². The fourth-order valence-electron chi connectivity index (χ4n) is 1.89. The Balaban J connectivity index is 2.16. The highest BCUT2D eigenvalue weighted by atomic mass is 16.6. The number of benzene rings is 1. The number of nitrogens with zero attached hydrogens (tertiary/aromatic N) is 2. The molecular weight excluding hydrogens is 266 g/mol. The van der Waals surface area contributed by atoms with Gasteiger partial charge in [-0.2, -0.15) is 0 Å². The Morgan fingerprint density at radius 2 is 2.00 bits per heavy atom. The number of nitro groups is 1. The second-order valence-corrected chi connectivity index (χ2v) is 6.48. The van der Waals surface area contributed by atoms with Crippen molar-refractivity contribution in [3.05, 3.63) is 40.4 Å². The average molecular weight is 287 g/mol. The molecule has 0 aliphatic rings. The molecule has 1 aromatic carbocycles. The van der Waals surface area contributed by atoms with Gasteiger partial charge in [-0.3, -0.25) is 10.1 Å². The molecule has 1 atom stereocenters. The standard InChI is InChI=1S/C16H21N3O2/c1-11(16(2,3)4)10-17-15-8-5-12-9-13(19(20)21)6-7-14(12)18-15/h5-9,11H,10H2,1-4H3,(H,17,18). The van der Waals surface area contributed by atoms with Crippen molar-refractivity contribution in [1.29, 1.82) is 0 Å². The van der Waals surface area contributed by atoms with Gasteiger partial charge in [0.05, 0.1) is 10.4 Å². The first kappa shape index (κ1) is 15.2. The minimum atomic E-state index is -0.392. The number of nitro benzene ring substituents is 1. The van der Waals surface area contributed by atoms with Gasteiger partial charge >= 0.3 is 0 Å². The number of fused-ring (bicyclic) bond motifs is 1. The molecule has 0 amide bonds. The normalized spacial score (nSPS) is 13.1. The van der Waals surface area contributed by atoms with E-state index >= 15 is 0 Å². The minimum Gasteiger partial charge on any atom is -0.370 e. The van der Waals surface area contributed by atoms with Crippen LogP contribution >= 0.6 is 0 Å². The number of nitrogens with one attached hydrogen (secondary N) is 1. The molecule has 0 aliphatic carbocycles. The molecule has 0 radical (unpaired) electrons. The lowest BCUT2D eigenvalue weighted by Gasteiger charge is -2.27. The number of non-ortho nitro benzene ring substituents is 1. The van der Waals surface area contributed by atoms with E-state index in [0.29, 0.717) is 5.92 Å². The zero-order valence-electron chi connectivity index (χ0n) is 12.9. The van der Waals surface area contributed by atoms with Crippen molar-refractivity contribution in [1.82, 2.24) is 4.98 Å². The lowest BCUT2D eigenvalue weighted by atomic mass is 9.82. The first-order valence-corrected chi connectivity index (χ1v) is 7.06. The van der Waals surface area contributed by atoms with Gasteiger partial charge in [0.25, 0.3) is 5.69 Å². The van der Waals surface area contributed by atoms with Crippen molar-refractivity contribution in [3.8, 4) is 0 Å². The molecule has 2 rings (SSSR count). The topological polar surface area (TPSA) is 68.1 Å². The van der Waals surface area contributed by atoms with Crippen LogP contribution in [0.25, 0.3) is 10.9 Å². The molecule has 112 valence electrons.